The average Bonchev–Trinajstić information content (AvgIpc) is 3.31. The van der Waals surface area contributed by atoms with Crippen molar-refractivity contribution in [3.05, 3.63) is 69.7 Å². The first-order chi connectivity index (χ1) is 18.1. The fourth-order valence-electron chi connectivity index (χ4n) is 4.77. The van der Waals surface area contributed by atoms with E-state index in [1.807, 2.05) is 69.3 Å². The highest BCUT2D eigenvalue weighted by atomic mass is 35.5. The zero-order chi connectivity index (χ0) is 27.3. The number of hydrogen-bond acceptors (Lipinski definition) is 5. The summed E-state index contributed by atoms with van der Waals surface area (Å²) >= 11 is 13.1. The Morgan fingerprint density at radius 3 is 2.34 bits per heavy atom. The van der Waals surface area contributed by atoms with E-state index < -0.39 is 0 Å². The summed E-state index contributed by atoms with van der Waals surface area (Å²) in [5, 5.41) is 7.38. The van der Waals surface area contributed by atoms with E-state index in [9.17, 15) is 9.59 Å². The van der Waals surface area contributed by atoms with Crippen LogP contribution in [-0.4, -0.2) is 78.3 Å². The van der Waals surface area contributed by atoms with Crippen LogP contribution in [0.1, 0.15) is 50.8 Å². The van der Waals surface area contributed by atoms with Crippen molar-refractivity contribution in [3.63, 3.8) is 0 Å². The van der Waals surface area contributed by atoms with E-state index in [0.29, 0.717) is 49.2 Å². The number of benzene rings is 2. The summed E-state index contributed by atoms with van der Waals surface area (Å²) in [5.74, 6) is -0.288. The van der Waals surface area contributed by atoms with Crippen LogP contribution >= 0.6 is 23.2 Å². The Morgan fingerprint density at radius 2 is 1.68 bits per heavy atom. The van der Waals surface area contributed by atoms with E-state index in [2.05, 4.69) is 4.90 Å². The minimum absolute atomic E-state index is 0.0390. The van der Waals surface area contributed by atoms with Crippen LogP contribution in [0.3, 0.4) is 0 Å². The highest BCUT2D eigenvalue weighted by molar-refractivity contribution is 6.34. The molecule has 2 aromatic rings. The Labute approximate surface area is 235 Å². The molecule has 0 aromatic heterocycles. The van der Waals surface area contributed by atoms with Gasteiger partial charge in [0.05, 0.1) is 25.0 Å². The number of carbonyl (C=O) groups is 2. The van der Waals surface area contributed by atoms with Gasteiger partial charge in [-0.15, -0.1) is 0 Å². The van der Waals surface area contributed by atoms with Crippen LogP contribution in [0.15, 0.2) is 53.6 Å². The lowest BCUT2D eigenvalue weighted by atomic mass is 9.91. The fourth-order valence-corrected chi connectivity index (χ4v) is 5.27. The summed E-state index contributed by atoms with van der Waals surface area (Å²) in [7, 11) is 0. The molecule has 7 nitrogen and oxygen atoms in total. The molecule has 204 valence electrons. The topological polar surface area (TPSA) is 65.5 Å². The third-order valence-corrected chi connectivity index (χ3v) is 7.44. The predicted molar refractivity (Wildman–Crippen MR) is 152 cm³/mol. The molecule has 0 spiro atoms. The Kier molecular flexibility index (Phi) is 9.47. The van der Waals surface area contributed by atoms with Crippen LogP contribution < -0.4 is 0 Å². The molecule has 1 unspecified atom stereocenters. The quantitative estimate of drug-likeness (QED) is 0.442. The summed E-state index contributed by atoms with van der Waals surface area (Å²) in [6.45, 7) is 10.2. The van der Waals surface area contributed by atoms with Crippen molar-refractivity contribution in [1.29, 1.82) is 0 Å². The second-order valence-corrected chi connectivity index (χ2v) is 11.8. The van der Waals surface area contributed by atoms with E-state index in [1.54, 1.807) is 4.90 Å². The summed E-state index contributed by atoms with van der Waals surface area (Å²) in [6.07, 6.45) is 0.828. The van der Waals surface area contributed by atoms with Crippen LogP contribution in [0.25, 0.3) is 0 Å². The predicted octanol–water partition coefficient (Wildman–Crippen LogP) is 5.27. The number of morpholine rings is 1. The Balaban J connectivity index is 1.59. The molecule has 2 heterocycles. The average molecular weight is 560 g/mol. The van der Waals surface area contributed by atoms with Gasteiger partial charge in [0.25, 0.3) is 5.91 Å². The molecule has 1 fully saturated rings. The zero-order valence-corrected chi connectivity index (χ0v) is 23.8. The van der Waals surface area contributed by atoms with Crippen LogP contribution in [0.4, 0.5) is 0 Å². The van der Waals surface area contributed by atoms with Gasteiger partial charge in [0.15, 0.2) is 0 Å². The molecule has 2 aliphatic heterocycles. The van der Waals surface area contributed by atoms with Gasteiger partial charge >= 0.3 is 0 Å². The molecule has 38 heavy (non-hydrogen) atoms. The molecule has 0 saturated carbocycles. The second kappa shape index (κ2) is 12.6. The van der Waals surface area contributed by atoms with Crippen molar-refractivity contribution in [2.75, 3.05) is 45.9 Å². The lowest BCUT2D eigenvalue weighted by Crippen LogP contribution is -2.47. The molecule has 9 heteroatoms. The first kappa shape index (κ1) is 28.6. The van der Waals surface area contributed by atoms with Gasteiger partial charge < -0.3 is 9.64 Å². The minimum atomic E-state index is -0.388. The third-order valence-electron chi connectivity index (χ3n) is 6.77. The van der Waals surface area contributed by atoms with Crippen LogP contribution in [0.5, 0.6) is 0 Å². The van der Waals surface area contributed by atoms with Gasteiger partial charge in [-0.05, 0) is 23.1 Å². The van der Waals surface area contributed by atoms with Crippen molar-refractivity contribution in [2.24, 2.45) is 10.5 Å². The normalized spacial score (nSPS) is 18.4. The largest absolute Gasteiger partial charge is 0.379 e. The second-order valence-electron chi connectivity index (χ2n) is 11.0. The van der Waals surface area contributed by atoms with E-state index >= 15 is 0 Å². The number of hydrazone groups is 1. The van der Waals surface area contributed by atoms with Gasteiger partial charge in [-0.1, -0.05) is 80.4 Å². The lowest BCUT2D eigenvalue weighted by molar-refractivity contribution is -0.142. The number of halogens is 2. The van der Waals surface area contributed by atoms with Gasteiger partial charge in [0, 0.05) is 54.6 Å². The standard InChI is InChI=1S/C29H36Cl2N4O3/c1-29(2,3)19-27(36)34(13-12-33-14-16-38-17-15-33)20-28(37)35-26(22-9-5-7-11-24(22)31)18-25(32-35)21-8-4-6-10-23(21)30/h4-11,26H,12-20H2,1-3H3. The monoisotopic (exact) mass is 558 g/mol. The van der Waals surface area contributed by atoms with Gasteiger partial charge in [0.1, 0.15) is 6.54 Å². The van der Waals surface area contributed by atoms with Gasteiger partial charge in [0.2, 0.25) is 5.91 Å². The summed E-state index contributed by atoms with van der Waals surface area (Å²) in [6, 6.07) is 14.6. The molecule has 0 aliphatic carbocycles. The lowest BCUT2D eigenvalue weighted by Gasteiger charge is -2.32. The zero-order valence-electron chi connectivity index (χ0n) is 22.3. The van der Waals surface area contributed by atoms with Crippen LogP contribution in [0.2, 0.25) is 10.0 Å². The Hall–Kier alpha value is -2.45. The SMILES string of the molecule is CC(C)(C)CC(=O)N(CCN1CCOCC1)CC(=O)N1N=C(c2ccccc2Cl)CC1c1ccccc1Cl. The van der Waals surface area contributed by atoms with Crippen LogP contribution in [-0.2, 0) is 14.3 Å². The molecular formula is C29H36Cl2N4O3. The third kappa shape index (κ3) is 7.35. The summed E-state index contributed by atoms with van der Waals surface area (Å²) < 4.78 is 5.45. The maximum atomic E-state index is 13.8. The molecular weight excluding hydrogens is 523 g/mol. The van der Waals surface area contributed by atoms with Crippen molar-refractivity contribution in [2.45, 2.75) is 39.7 Å². The van der Waals surface area contributed by atoms with Gasteiger partial charge in [-0.2, -0.15) is 5.10 Å². The number of amides is 2. The highest BCUT2D eigenvalue weighted by Crippen LogP contribution is 2.37. The highest BCUT2D eigenvalue weighted by Gasteiger charge is 2.36. The number of carbonyl (C=O) groups excluding carboxylic acids is 2. The molecule has 0 radical (unpaired) electrons. The van der Waals surface area contributed by atoms with E-state index in [-0.39, 0.29) is 29.8 Å². The maximum Gasteiger partial charge on any atom is 0.262 e. The first-order valence-electron chi connectivity index (χ1n) is 13.1. The van der Waals surface area contributed by atoms with E-state index in [0.717, 1.165) is 29.9 Å². The molecule has 0 N–H and O–H groups in total. The van der Waals surface area contributed by atoms with Crippen molar-refractivity contribution >= 4 is 40.7 Å². The van der Waals surface area contributed by atoms with Crippen molar-refractivity contribution in [1.82, 2.24) is 14.8 Å². The van der Waals surface area contributed by atoms with E-state index in [4.69, 9.17) is 33.0 Å². The number of hydrogen-bond donors (Lipinski definition) is 0. The van der Waals surface area contributed by atoms with E-state index in [1.165, 1.54) is 5.01 Å². The van der Waals surface area contributed by atoms with Crippen molar-refractivity contribution in [3.8, 4) is 0 Å². The first-order valence-corrected chi connectivity index (χ1v) is 13.8. The van der Waals surface area contributed by atoms with Gasteiger partial charge in [-0.3, -0.25) is 14.5 Å². The molecule has 2 aromatic carbocycles. The number of rotatable bonds is 8. The Morgan fingerprint density at radius 1 is 1.03 bits per heavy atom. The number of nitrogens with zero attached hydrogens (tertiary/aromatic N) is 4. The molecule has 2 amide bonds. The summed E-state index contributed by atoms with van der Waals surface area (Å²) in [4.78, 5) is 31.1. The fraction of sp³-hybridized carbons (Fsp3) is 0.483. The molecule has 1 atom stereocenters. The van der Waals surface area contributed by atoms with Crippen molar-refractivity contribution < 1.29 is 14.3 Å². The number of ether oxygens (including phenoxy) is 1. The smallest absolute Gasteiger partial charge is 0.262 e. The van der Waals surface area contributed by atoms with Crippen LogP contribution in [0, 0.1) is 5.41 Å². The van der Waals surface area contributed by atoms with Gasteiger partial charge in [-0.25, -0.2) is 5.01 Å². The molecule has 4 rings (SSSR count). The molecule has 2 aliphatic rings. The minimum Gasteiger partial charge on any atom is -0.379 e. The molecule has 0 bridgehead atoms. The maximum absolute atomic E-state index is 13.8. The molecule has 1 saturated heterocycles. The summed E-state index contributed by atoms with van der Waals surface area (Å²) in [5.41, 5.74) is 2.12. The Bertz CT molecular complexity index is 1170.